The number of pyridine rings is 1. The second kappa shape index (κ2) is 4.66. The van der Waals surface area contributed by atoms with E-state index in [1.807, 2.05) is 0 Å². The van der Waals surface area contributed by atoms with E-state index in [4.69, 9.17) is 21.8 Å². The molecule has 2 rings (SSSR count). The van der Waals surface area contributed by atoms with E-state index in [1.54, 1.807) is 18.3 Å². The summed E-state index contributed by atoms with van der Waals surface area (Å²) in [5, 5.41) is 18.1. The Morgan fingerprint density at radius 1 is 1.28 bits per heavy atom. The van der Waals surface area contributed by atoms with Crippen LogP contribution in [0.5, 0.6) is 0 Å². The molecule has 6 nitrogen and oxygen atoms in total. The molecule has 0 aliphatic carbocycles. The van der Waals surface area contributed by atoms with Gasteiger partial charge < -0.3 is 14.6 Å². The van der Waals surface area contributed by atoms with Gasteiger partial charge in [-0.05, 0) is 6.07 Å². The van der Waals surface area contributed by atoms with Crippen LogP contribution in [-0.2, 0) is 22.4 Å². The highest BCUT2D eigenvalue weighted by Gasteiger charge is 2.17. The first kappa shape index (κ1) is 12.4. The molecule has 0 aromatic carbocycles. The molecule has 0 bridgehead atoms. The van der Waals surface area contributed by atoms with Gasteiger partial charge in [-0.2, -0.15) is 0 Å². The summed E-state index contributed by atoms with van der Waals surface area (Å²) < 4.78 is 1.54. The maximum absolute atomic E-state index is 10.8. The summed E-state index contributed by atoms with van der Waals surface area (Å²) in [7, 11) is 0. The molecule has 0 spiro atoms. The molecule has 2 N–H and O–H groups in total. The fourth-order valence-electron chi connectivity index (χ4n) is 1.73. The van der Waals surface area contributed by atoms with Gasteiger partial charge in [0, 0.05) is 17.3 Å². The van der Waals surface area contributed by atoms with Gasteiger partial charge in [-0.1, -0.05) is 11.6 Å². The number of carboxylic acids is 2. The Hall–Kier alpha value is -2.08. The van der Waals surface area contributed by atoms with E-state index in [-0.39, 0.29) is 18.5 Å². The summed E-state index contributed by atoms with van der Waals surface area (Å²) in [6.07, 6.45) is 0.974. The van der Waals surface area contributed by atoms with E-state index in [0.717, 1.165) is 0 Å². The van der Waals surface area contributed by atoms with Crippen LogP contribution >= 0.6 is 11.6 Å². The molecule has 0 fully saturated rings. The number of fused-ring (bicyclic) bond motifs is 1. The van der Waals surface area contributed by atoms with Crippen LogP contribution in [0, 0.1) is 0 Å². The van der Waals surface area contributed by atoms with Gasteiger partial charge in [-0.25, -0.2) is 4.98 Å². The minimum absolute atomic E-state index is 0.243. The Morgan fingerprint density at radius 2 is 1.94 bits per heavy atom. The number of carbonyl (C=O) groups is 2. The van der Waals surface area contributed by atoms with Crippen molar-refractivity contribution in [1.82, 2.24) is 9.38 Å². The molecule has 0 saturated carbocycles. The number of imidazole rings is 1. The highest BCUT2D eigenvalue weighted by Crippen LogP contribution is 2.18. The molecule has 0 aliphatic heterocycles. The normalized spacial score (nSPS) is 10.7. The summed E-state index contributed by atoms with van der Waals surface area (Å²) in [6, 6.07) is 3.14. The molecule has 0 radical (unpaired) electrons. The average molecular weight is 269 g/mol. The predicted octanol–water partition coefficient (Wildman–Crippen LogP) is 1.24. The number of rotatable bonds is 4. The fourth-order valence-corrected chi connectivity index (χ4v) is 1.89. The molecule has 2 aromatic rings. The van der Waals surface area contributed by atoms with Crippen LogP contribution < -0.4 is 0 Å². The van der Waals surface area contributed by atoms with Gasteiger partial charge in [0.15, 0.2) is 0 Å². The number of nitrogens with zero attached hydrogens (tertiary/aromatic N) is 2. The molecule has 0 atom stereocenters. The van der Waals surface area contributed by atoms with E-state index in [1.165, 1.54) is 4.40 Å². The van der Waals surface area contributed by atoms with Crippen molar-refractivity contribution in [1.29, 1.82) is 0 Å². The Balaban J connectivity index is 2.59. The first-order valence-corrected chi connectivity index (χ1v) is 5.44. The van der Waals surface area contributed by atoms with Crippen LogP contribution in [0.1, 0.15) is 11.4 Å². The lowest BCUT2D eigenvalue weighted by molar-refractivity contribution is -0.137. The second-order valence-corrected chi connectivity index (χ2v) is 4.16. The number of aliphatic carboxylic acids is 2. The Morgan fingerprint density at radius 3 is 2.56 bits per heavy atom. The summed E-state index contributed by atoms with van der Waals surface area (Å²) in [4.78, 5) is 25.6. The summed E-state index contributed by atoms with van der Waals surface area (Å²) >= 11 is 5.81. The van der Waals surface area contributed by atoms with Gasteiger partial charge in [0.05, 0.1) is 24.2 Å². The third-order valence-electron chi connectivity index (χ3n) is 2.41. The Kier molecular flexibility index (Phi) is 3.20. The van der Waals surface area contributed by atoms with Crippen molar-refractivity contribution in [2.45, 2.75) is 12.8 Å². The molecule has 2 heterocycles. The zero-order chi connectivity index (χ0) is 13.3. The van der Waals surface area contributed by atoms with Crippen LogP contribution in [0.2, 0.25) is 5.02 Å². The number of aromatic nitrogens is 2. The molecule has 0 amide bonds. The van der Waals surface area contributed by atoms with Crippen molar-refractivity contribution in [3.8, 4) is 0 Å². The largest absolute Gasteiger partial charge is 0.481 e. The highest BCUT2D eigenvalue weighted by atomic mass is 35.5. The zero-order valence-electron chi connectivity index (χ0n) is 9.13. The van der Waals surface area contributed by atoms with Gasteiger partial charge >= 0.3 is 11.9 Å². The lowest BCUT2D eigenvalue weighted by Gasteiger charge is -2.00. The molecule has 7 heteroatoms. The quantitative estimate of drug-likeness (QED) is 0.870. The van der Waals surface area contributed by atoms with E-state index >= 15 is 0 Å². The maximum atomic E-state index is 10.8. The van der Waals surface area contributed by atoms with Crippen LogP contribution in [0.15, 0.2) is 18.3 Å². The Labute approximate surface area is 106 Å². The third kappa shape index (κ3) is 2.43. The monoisotopic (exact) mass is 268 g/mol. The summed E-state index contributed by atoms with van der Waals surface area (Å²) in [6.45, 7) is 0. The minimum Gasteiger partial charge on any atom is -0.481 e. The van der Waals surface area contributed by atoms with Crippen molar-refractivity contribution in [3.63, 3.8) is 0 Å². The van der Waals surface area contributed by atoms with Crippen LogP contribution in [0.25, 0.3) is 5.65 Å². The third-order valence-corrected chi connectivity index (χ3v) is 2.64. The van der Waals surface area contributed by atoms with Gasteiger partial charge in [0.2, 0.25) is 0 Å². The van der Waals surface area contributed by atoms with Crippen LogP contribution in [0.3, 0.4) is 0 Å². The minimum atomic E-state index is -1.06. The molecule has 0 aliphatic rings. The predicted molar refractivity (Wildman–Crippen MR) is 62.9 cm³/mol. The second-order valence-electron chi connectivity index (χ2n) is 3.72. The van der Waals surface area contributed by atoms with Crippen LogP contribution in [0.4, 0.5) is 0 Å². The van der Waals surface area contributed by atoms with E-state index in [2.05, 4.69) is 4.98 Å². The van der Waals surface area contributed by atoms with Crippen molar-refractivity contribution < 1.29 is 19.8 Å². The number of hydrogen-bond donors (Lipinski definition) is 2. The maximum Gasteiger partial charge on any atom is 0.309 e. The van der Waals surface area contributed by atoms with E-state index in [9.17, 15) is 9.59 Å². The molecular formula is C11H9ClN2O4. The fraction of sp³-hybridized carbons (Fsp3) is 0.182. The number of hydrogen-bond acceptors (Lipinski definition) is 3. The topological polar surface area (TPSA) is 91.9 Å². The van der Waals surface area contributed by atoms with Gasteiger partial charge in [0.25, 0.3) is 0 Å². The molecule has 2 aromatic heterocycles. The molecule has 18 heavy (non-hydrogen) atoms. The lowest BCUT2D eigenvalue weighted by atomic mass is 10.2. The van der Waals surface area contributed by atoms with Crippen molar-refractivity contribution in [2.75, 3.05) is 0 Å². The van der Waals surface area contributed by atoms with E-state index in [0.29, 0.717) is 16.4 Å². The van der Waals surface area contributed by atoms with Crippen molar-refractivity contribution in [2.24, 2.45) is 0 Å². The van der Waals surface area contributed by atoms with Gasteiger partial charge in [-0.3, -0.25) is 9.59 Å². The number of halogens is 1. The molecule has 0 saturated heterocycles. The average Bonchev–Trinajstić information content (AvgIpc) is 2.54. The Bertz CT molecular complexity index is 635. The summed E-state index contributed by atoms with van der Waals surface area (Å²) in [5.74, 6) is -2.10. The molecule has 0 unspecified atom stereocenters. The zero-order valence-corrected chi connectivity index (χ0v) is 9.89. The van der Waals surface area contributed by atoms with E-state index < -0.39 is 11.9 Å². The lowest BCUT2D eigenvalue weighted by Crippen LogP contribution is -2.09. The first-order valence-electron chi connectivity index (χ1n) is 5.06. The van der Waals surface area contributed by atoms with Crippen molar-refractivity contribution in [3.05, 3.63) is 34.7 Å². The smallest absolute Gasteiger partial charge is 0.309 e. The number of carboxylic acid groups (broad SMARTS) is 2. The standard InChI is InChI=1S/C11H9ClN2O4/c12-6-1-2-14-8(5-11(17)18)7(4-10(15)16)13-9(14)3-6/h1-3H,4-5H2,(H,15,16)(H,17,18). The van der Waals surface area contributed by atoms with Crippen molar-refractivity contribution >= 4 is 29.2 Å². The SMILES string of the molecule is O=C(O)Cc1nc2cc(Cl)ccn2c1CC(=O)O. The molecular weight excluding hydrogens is 260 g/mol. The highest BCUT2D eigenvalue weighted by molar-refractivity contribution is 6.30. The van der Waals surface area contributed by atoms with Crippen LogP contribution in [-0.4, -0.2) is 31.5 Å². The van der Waals surface area contributed by atoms with Gasteiger partial charge in [-0.15, -0.1) is 0 Å². The molecule has 94 valence electrons. The summed E-state index contributed by atoms with van der Waals surface area (Å²) in [5.41, 5.74) is 1.04. The van der Waals surface area contributed by atoms with Gasteiger partial charge in [0.1, 0.15) is 5.65 Å². The first-order chi connectivity index (χ1) is 8.47.